The third kappa shape index (κ3) is 3.87. The van der Waals surface area contributed by atoms with Gasteiger partial charge in [0.05, 0.1) is 38.1 Å². The van der Waals surface area contributed by atoms with Crippen molar-refractivity contribution in [3.63, 3.8) is 0 Å². The molecule has 0 radical (unpaired) electrons. The van der Waals surface area contributed by atoms with Crippen molar-refractivity contribution in [2.45, 2.75) is 6.92 Å². The molecule has 1 aromatic rings. The number of hydrogen-bond donors (Lipinski definition) is 2. The van der Waals surface area contributed by atoms with E-state index in [4.69, 9.17) is 9.84 Å². The number of carbonyl (C=O) groups excluding carboxylic acids is 2. The van der Waals surface area contributed by atoms with E-state index < -0.39 is 23.5 Å². The van der Waals surface area contributed by atoms with Crippen molar-refractivity contribution in [1.82, 2.24) is 4.90 Å². The van der Waals surface area contributed by atoms with E-state index in [9.17, 15) is 18.4 Å². The Morgan fingerprint density at radius 3 is 2.72 bits per heavy atom. The Hall–Kier alpha value is -2.68. The number of ether oxygens (including phenoxy) is 2. The number of esters is 1. The van der Waals surface area contributed by atoms with Crippen LogP contribution < -0.4 is 10.1 Å². The minimum Gasteiger partial charge on any atom is -0.489 e. The molecule has 1 aliphatic heterocycles. The number of anilines is 1. The van der Waals surface area contributed by atoms with Crippen LogP contribution in [0.5, 0.6) is 5.75 Å². The number of nitrogens with zero attached hydrogens (tertiary/aromatic N) is 1. The summed E-state index contributed by atoms with van der Waals surface area (Å²) in [6.45, 7) is 1.35. The topological polar surface area (TPSA) is 88.1 Å². The summed E-state index contributed by atoms with van der Waals surface area (Å²) in [5.74, 6) is -3.44. The van der Waals surface area contributed by atoms with Crippen LogP contribution in [0.4, 0.5) is 14.5 Å². The first-order valence-electron chi connectivity index (χ1n) is 7.53. The summed E-state index contributed by atoms with van der Waals surface area (Å²) in [6.07, 6.45) is 0. The van der Waals surface area contributed by atoms with Gasteiger partial charge in [-0.2, -0.15) is 0 Å². The number of carbonyl (C=O) groups is 2. The molecule has 0 aromatic heterocycles. The molecular formula is C16H18F2N2O5. The maximum atomic E-state index is 13.9. The molecule has 0 aliphatic carbocycles. The Labute approximate surface area is 142 Å². The van der Waals surface area contributed by atoms with Gasteiger partial charge in [0.15, 0.2) is 11.6 Å². The van der Waals surface area contributed by atoms with Gasteiger partial charge in [0.2, 0.25) is 0 Å². The number of nitrogens with one attached hydrogen (secondary N) is 1. The monoisotopic (exact) mass is 356 g/mol. The zero-order valence-electron chi connectivity index (χ0n) is 13.8. The van der Waals surface area contributed by atoms with Crippen LogP contribution in [0.1, 0.15) is 6.92 Å². The molecule has 2 N–H and O–H groups in total. The van der Waals surface area contributed by atoms with E-state index in [1.165, 1.54) is 4.90 Å². The third-order valence-electron chi connectivity index (χ3n) is 3.51. The number of amides is 1. The molecule has 136 valence electrons. The van der Waals surface area contributed by atoms with Crippen molar-refractivity contribution in [3.8, 4) is 5.75 Å². The van der Waals surface area contributed by atoms with Crippen molar-refractivity contribution in [2.24, 2.45) is 0 Å². The molecule has 7 nitrogen and oxygen atoms in total. The molecule has 0 atom stereocenters. The van der Waals surface area contributed by atoms with E-state index in [2.05, 4.69) is 10.1 Å². The Bertz CT molecular complexity index is 721. The highest BCUT2D eigenvalue weighted by Gasteiger charge is 2.35. The van der Waals surface area contributed by atoms with Gasteiger partial charge in [-0.3, -0.25) is 4.79 Å². The zero-order valence-corrected chi connectivity index (χ0v) is 13.8. The minimum atomic E-state index is -0.942. The predicted octanol–water partition coefficient (Wildman–Crippen LogP) is 1.04. The van der Waals surface area contributed by atoms with Gasteiger partial charge in [-0.15, -0.1) is 0 Å². The van der Waals surface area contributed by atoms with E-state index >= 15 is 0 Å². The molecule has 0 saturated heterocycles. The van der Waals surface area contributed by atoms with Gasteiger partial charge in [0.1, 0.15) is 11.5 Å². The smallest absolute Gasteiger partial charge is 0.337 e. The fourth-order valence-electron chi connectivity index (χ4n) is 2.43. The Kier molecular flexibility index (Phi) is 5.92. The first-order valence-corrected chi connectivity index (χ1v) is 7.53. The number of hydrogen-bond acceptors (Lipinski definition) is 6. The lowest BCUT2D eigenvalue weighted by atomic mass is 10.2. The highest BCUT2D eigenvalue weighted by molar-refractivity contribution is 6.08. The van der Waals surface area contributed by atoms with Crippen molar-refractivity contribution >= 4 is 17.6 Å². The van der Waals surface area contributed by atoms with Gasteiger partial charge >= 0.3 is 5.97 Å². The number of rotatable bonds is 7. The molecule has 25 heavy (non-hydrogen) atoms. The second kappa shape index (κ2) is 7.93. The molecule has 1 heterocycles. The quantitative estimate of drug-likeness (QED) is 0.710. The molecule has 0 saturated carbocycles. The Morgan fingerprint density at radius 2 is 2.12 bits per heavy atom. The van der Waals surface area contributed by atoms with E-state index in [-0.39, 0.29) is 49.0 Å². The first-order chi connectivity index (χ1) is 11.9. The third-order valence-corrected chi connectivity index (χ3v) is 3.51. The number of halogens is 2. The van der Waals surface area contributed by atoms with Crippen LogP contribution in [0.15, 0.2) is 23.4 Å². The van der Waals surface area contributed by atoms with Gasteiger partial charge in [-0.1, -0.05) is 0 Å². The van der Waals surface area contributed by atoms with Crippen LogP contribution in [-0.4, -0.2) is 55.3 Å². The van der Waals surface area contributed by atoms with Crippen LogP contribution in [0.25, 0.3) is 0 Å². The summed E-state index contributed by atoms with van der Waals surface area (Å²) in [7, 11) is 1.15. The number of benzene rings is 1. The van der Waals surface area contributed by atoms with Crippen LogP contribution >= 0.6 is 0 Å². The zero-order chi connectivity index (χ0) is 18.6. The average molecular weight is 356 g/mol. The van der Waals surface area contributed by atoms with Gasteiger partial charge in [-0.05, 0) is 6.92 Å². The molecular weight excluding hydrogens is 338 g/mol. The molecule has 0 fully saturated rings. The van der Waals surface area contributed by atoms with Gasteiger partial charge in [-0.25, -0.2) is 13.6 Å². The molecule has 9 heteroatoms. The fourth-order valence-corrected chi connectivity index (χ4v) is 2.43. The van der Waals surface area contributed by atoms with Crippen molar-refractivity contribution in [3.05, 3.63) is 35.0 Å². The van der Waals surface area contributed by atoms with Crippen LogP contribution in [0.2, 0.25) is 0 Å². The fraction of sp³-hybridized carbons (Fsp3) is 0.375. The van der Waals surface area contributed by atoms with E-state index in [0.717, 1.165) is 13.2 Å². The molecule has 0 bridgehead atoms. The molecule has 1 amide bonds. The predicted molar refractivity (Wildman–Crippen MR) is 83.9 cm³/mol. The van der Waals surface area contributed by atoms with E-state index in [0.29, 0.717) is 6.07 Å². The SMILES string of the molecule is CCOc1c(F)cc(F)cc1NC1=C(C(=O)OC)CN(CCO)C1=O. The minimum absolute atomic E-state index is 0.000334. The van der Waals surface area contributed by atoms with E-state index in [1.54, 1.807) is 6.92 Å². The number of methoxy groups -OCH3 is 1. The summed E-state index contributed by atoms with van der Waals surface area (Å²) >= 11 is 0. The van der Waals surface area contributed by atoms with Crippen molar-refractivity contribution in [2.75, 3.05) is 38.7 Å². The van der Waals surface area contributed by atoms with Crippen LogP contribution in [-0.2, 0) is 14.3 Å². The molecule has 2 rings (SSSR count). The maximum absolute atomic E-state index is 13.9. The van der Waals surface area contributed by atoms with Gasteiger partial charge in [0, 0.05) is 18.7 Å². The standard InChI is InChI=1S/C16H18F2N2O5/c1-3-25-14-11(18)6-9(17)7-12(14)19-13-10(16(23)24-2)8-20(4-5-21)15(13)22/h6-7,19,21H,3-5,8H2,1-2H3. The van der Waals surface area contributed by atoms with Gasteiger partial charge < -0.3 is 24.8 Å². The Morgan fingerprint density at radius 1 is 1.40 bits per heavy atom. The van der Waals surface area contributed by atoms with Crippen molar-refractivity contribution in [1.29, 1.82) is 0 Å². The number of aliphatic hydroxyl groups excluding tert-OH is 1. The van der Waals surface area contributed by atoms with Gasteiger partial charge in [0.25, 0.3) is 5.91 Å². The lowest BCUT2D eigenvalue weighted by Crippen LogP contribution is -2.31. The number of β-amino-alcohol motifs (C(OH)–C–C–N with tert-alkyl or cyclic N) is 1. The Balaban J connectivity index is 2.45. The molecule has 0 spiro atoms. The molecule has 0 unspecified atom stereocenters. The van der Waals surface area contributed by atoms with Crippen LogP contribution in [0.3, 0.4) is 0 Å². The number of aliphatic hydroxyl groups is 1. The maximum Gasteiger partial charge on any atom is 0.337 e. The molecule has 1 aromatic carbocycles. The second-order valence-electron chi connectivity index (χ2n) is 5.12. The first kappa shape index (κ1) is 18.7. The molecule has 1 aliphatic rings. The summed E-state index contributed by atoms with van der Waals surface area (Å²) in [5.41, 5.74) is -0.311. The van der Waals surface area contributed by atoms with Crippen LogP contribution in [0, 0.1) is 11.6 Å². The van der Waals surface area contributed by atoms with Crippen molar-refractivity contribution < 1.29 is 33.0 Å². The summed E-state index contributed by atoms with van der Waals surface area (Å²) in [5, 5.41) is 11.6. The highest BCUT2D eigenvalue weighted by Crippen LogP contribution is 2.32. The lowest BCUT2D eigenvalue weighted by molar-refractivity contribution is -0.136. The summed E-state index contributed by atoms with van der Waals surface area (Å²) < 4.78 is 37.3. The normalized spacial score (nSPS) is 14.1. The van der Waals surface area contributed by atoms with E-state index in [1.807, 2.05) is 0 Å². The summed E-state index contributed by atoms with van der Waals surface area (Å²) in [6, 6.07) is 1.61. The highest BCUT2D eigenvalue weighted by atomic mass is 19.1. The summed E-state index contributed by atoms with van der Waals surface area (Å²) in [4.78, 5) is 25.6. The largest absolute Gasteiger partial charge is 0.489 e. The lowest BCUT2D eigenvalue weighted by Gasteiger charge is -2.16. The average Bonchev–Trinajstić information content (AvgIpc) is 2.87. The second-order valence-corrected chi connectivity index (χ2v) is 5.12.